The highest BCUT2D eigenvalue weighted by Gasteiger charge is 2.21. The molecule has 0 saturated heterocycles. The van der Waals surface area contributed by atoms with Crippen LogP contribution in [0.1, 0.15) is 31.9 Å². The van der Waals surface area contributed by atoms with Gasteiger partial charge in [-0.25, -0.2) is 0 Å². The summed E-state index contributed by atoms with van der Waals surface area (Å²) in [6.45, 7) is 8.37. The van der Waals surface area contributed by atoms with Crippen molar-refractivity contribution in [2.45, 2.75) is 42.9 Å². The van der Waals surface area contributed by atoms with Crippen molar-refractivity contribution in [2.75, 3.05) is 5.73 Å². The minimum Gasteiger partial charge on any atom is -0.494 e. The Bertz CT molecular complexity index is 941. The highest BCUT2D eigenvalue weighted by atomic mass is 32.2. The predicted octanol–water partition coefficient (Wildman–Crippen LogP) is 5.23. The first kappa shape index (κ1) is 18.3. The van der Waals surface area contributed by atoms with E-state index in [-0.39, 0.29) is 17.2 Å². The molecular weight excluding hydrogens is 344 g/mol. The molecule has 0 aliphatic heterocycles. The van der Waals surface area contributed by atoms with E-state index in [1.807, 2.05) is 43.3 Å². The van der Waals surface area contributed by atoms with E-state index in [0.717, 1.165) is 21.7 Å². The van der Waals surface area contributed by atoms with E-state index in [2.05, 4.69) is 26.8 Å². The first-order valence-electron chi connectivity index (χ1n) is 8.46. The second-order valence-corrected chi connectivity index (χ2v) is 8.53. The van der Waals surface area contributed by atoms with Crippen LogP contribution in [0.4, 0.5) is 5.69 Å². The maximum absolute atomic E-state index is 10.6. The fourth-order valence-corrected chi connectivity index (χ4v) is 3.96. The Morgan fingerprint density at radius 3 is 2.27 bits per heavy atom. The van der Waals surface area contributed by atoms with Gasteiger partial charge in [-0.2, -0.15) is 0 Å². The number of aromatic hydroxyl groups is 2. The van der Waals surface area contributed by atoms with Crippen molar-refractivity contribution in [3.63, 3.8) is 0 Å². The van der Waals surface area contributed by atoms with Gasteiger partial charge in [-0.1, -0.05) is 50.7 Å². The number of nitrogens with two attached hydrogens (primary N) is 1. The number of nitrogen functional groups attached to an aromatic ring is 1. The largest absolute Gasteiger partial charge is 0.494 e. The quantitative estimate of drug-likeness (QED) is 0.554. The number of hydrogen-bond donors (Lipinski definition) is 3. The van der Waals surface area contributed by atoms with E-state index >= 15 is 0 Å². The zero-order chi connectivity index (χ0) is 19.1. The van der Waals surface area contributed by atoms with Crippen molar-refractivity contribution in [2.24, 2.45) is 0 Å². The molecule has 4 N–H and O–H groups in total. The Balaban J connectivity index is 2.02. The van der Waals surface area contributed by atoms with Crippen LogP contribution in [0.5, 0.6) is 11.8 Å². The first-order chi connectivity index (χ1) is 12.2. The monoisotopic (exact) mass is 368 g/mol. The van der Waals surface area contributed by atoms with Gasteiger partial charge < -0.3 is 15.9 Å². The number of aryl methyl sites for hydroxylation is 1. The minimum absolute atomic E-state index is 0.000545. The summed E-state index contributed by atoms with van der Waals surface area (Å²) in [7, 11) is 0. The predicted molar refractivity (Wildman–Crippen MR) is 108 cm³/mol. The standard InChI is InChI=1S/C21H24N2O2S/c1-13-10-15(11-16(19(13)22)21(2,3)4)26-17-12-18(24)23(20(17)25)14-8-6-5-7-9-14/h5-12,24-25H,22H2,1-4H3. The first-order valence-corrected chi connectivity index (χ1v) is 9.27. The number of para-hydroxylation sites is 1. The molecule has 0 fully saturated rings. The third-order valence-corrected chi connectivity index (χ3v) is 5.32. The summed E-state index contributed by atoms with van der Waals surface area (Å²) in [5, 5.41) is 20.9. The van der Waals surface area contributed by atoms with Crippen LogP contribution in [0.25, 0.3) is 5.69 Å². The molecule has 26 heavy (non-hydrogen) atoms. The maximum atomic E-state index is 10.6. The van der Waals surface area contributed by atoms with Crippen LogP contribution in [0.15, 0.2) is 58.3 Å². The molecule has 1 heterocycles. The molecular formula is C21H24N2O2S. The average molecular weight is 369 g/mol. The molecule has 2 aromatic carbocycles. The maximum Gasteiger partial charge on any atom is 0.213 e. The van der Waals surface area contributed by atoms with Gasteiger partial charge in [0.05, 0.1) is 10.6 Å². The van der Waals surface area contributed by atoms with E-state index in [4.69, 9.17) is 5.73 Å². The summed E-state index contributed by atoms with van der Waals surface area (Å²) in [4.78, 5) is 1.57. The number of anilines is 1. The lowest BCUT2D eigenvalue weighted by atomic mass is 9.85. The van der Waals surface area contributed by atoms with E-state index < -0.39 is 0 Å². The molecule has 0 aliphatic carbocycles. The van der Waals surface area contributed by atoms with Gasteiger partial charge in [0.25, 0.3) is 0 Å². The Morgan fingerprint density at radius 1 is 1.00 bits per heavy atom. The summed E-state index contributed by atoms with van der Waals surface area (Å²) in [5.41, 5.74) is 9.77. The van der Waals surface area contributed by atoms with Gasteiger partial charge in [0.1, 0.15) is 0 Å². The number of aromatic nitrogens is 1. The zero-order valence-electron chi connectivity index (χ0n) is 15.4. The molecule has 0 spiro atoms. The number of hydrogen-bond acceptors (Lipinski definition) is 4. The van der Waals surface area contributed by atoms with Crippen molar-refractivity contribution in [3.05, 3.63) is 59.7 Å². The van der Waals surface area contributed by atoms with Crippen LogP contribution in [0.3, 0.4) is 0 Å². The van der Waals surface area contributed by atoms with Crippen LogP contribution in [0.2, 0.25) is 0 Å². The fourth-order valence-electron chi connectivity index (χ4n) is 2.94. The van der Waals surface area contributed by atoms with E-state index in [0.29, 0.717) is 10.6 Å². The molecule has 0 aliphatic rings. The molecule has 5 heteroatoms. The summed E-state index contributed by atoms with van der Waals surface area (Å²) < 4.78 is 1.43. The Labute approximate surface area is 158 Å². The smallest absolute Gasteiger partial charge is 0.213 e. The molecule has 1 aromatic heterocycles. The molecule has 4 nitrogen and oxygen atoms in total. The van der Waals surface area contributed by atoms with Crippen molar-refractivity contribution in [1.29, 1.82) is 0 Å². The lowest BCUT2D eigenvalue weighted by Crippen LogP contribution is -2.14. The van der Waals surface area contributed by atoms with Crippen molar-refractivity contribution in [1.82, 2.24) is 4.57 Å². The van der Waals surface area contributed by atoms with Crippen LogP contribution in [-0.2, 0) is 5.41 Å². The SMILES string of the molecule is Cc1cc(Sc2cc(O)n(-c3ccccc3)c2O)cc(C(C)(C)C)c1N. The Morgan fingerprint density at radius 2 is 1.65 bits per heavy atom. The third-order valence-electron chi connectivity index (χ3n) is 4.33. The zero-order valence-corrected chi connectivity index (χ0v) is 16.3. The normalized spacial score (nSPS) is 11.7. The lowest BCUT2D eigenvalue weighted by molar-refractivity contribution is 0.398. The molecule has 3 rings (SSSR count). The summed E-state index contributed by atoms with van der Waals surface area (Å²) in [6, 6.07) is 14.9. The van der Waals surface area contributed by atoms with Gasteiger partial charge in [-0.15, -0.1) is 0 Å². The van der Waals surface area contributed by atoms with Gasteiger partial charge in [0, 0.05) is 16.6 Å². The fraction of sp³-hybridized carbons (Fsp3) is 0.238. The van der Waals surface area contributed by atoms with Gasteiger partial charge in [0.15, 0.2) is 5.88 Å². The summed E-state index contributed by atoms with van der Waals surface area (Å²) in [6.07, 6.45) is 0. The Hall–Kier alpha value is -2.53. The van der Waals surface area contributed by atoms with Crippen LogP contribution in [-0.4, -0.2) is 14.8 Å². The van der Waals surface area contributed by atoms with Gasteiger partial charge in [-0.3, -0.25) is 4.57 Å². The molecule has 0 saturated carbocycles. The summed E-state index contributed by atoms with van der Waals surface area (Å²) in [5.74, 6) is 0.0184. The molecule has 136 valence electrons. The minimum atomic E-state index is -0.0778. The second kappa shape index (κ2) is 6.65. The third kappa shape index (κ3) is 3.40. The number of benzene rings is 2. The number of nitrogens with zero attached hydrogens (tertiary/aromatic N) is 1. The van der Waals surface area contributed by atoms with Gasteiger partial charge >= 0.3 is 0 Å². The molecule has 0 bridgehead atoms. The second-order valence-electron chi connectivity index (χ2n) is 7.41. The molecule has 3 aromatic rings. The Kier molecular flexibility index (Phi) is 4.67. The molecule has 0 amide bonds. The van der Waals surface area contributed by atoms with Crippen molar-refractivity contribution >= 4 is 17.4 Å². The van der Waals surface area contributed by atoms with Crippen LogP contribution in [0, 0.1) is 6.92 Å². The average Bonchev–Trinajstić information content (AvgIpc) is 2.84. The highest BCUT2D eigenvalue weighted by molar-refractivity contribution is 7.99. The van der Waals surface area contributed by atoms with E-state index in [1.54, 1.807) is 6.07 Å². The molecule has 0 atom stereocenters. The topological polar surface area (TPSA) is 71.4 Å². The van der Waals surface area contributed by atoms with Crippen molar-refractivity contribution < 1.29 is 10.2 Å². The summed E-state index contributed by atoms with van der Waals surface area (Å²) >= 11 is 1.41. The number of rotatable bonds is 3. The van der Waals surface area contributed by atoms with Crippen LogP contribution < -0.4 is 5.73 Å². The molecule has 0 unspecified atom stereocenters. The van der Waals surface area contributed by atoms with E-state index in [9.17, 15) is 10.2 Å². The molecule has 0 radical (unpaired) electrons. The van der Waals surface area contributed by atoms with Crippen LogP contribution >= 0.6 is 11.8 Å². The van der Waals surface area contributed by atoms with Gasteiger partial charge in [0.2, 0.25) is 5.88 Å². The lowest BCUT2D eigenvalue weighted by Gasteiger charge is -2.23. The van der Waals surface area contributed by atoms with E-state index in [1.165, 1.54) is 16.3 Å². The van der Waals surface area contributed by atoms with Crippen molar-refractivity contribution in [3.8, 4) is 17.4 Å². The highest BCUT2D eigenvalue weighted by Crippen LogP contribution is 2.43. The van der Waals surface area contributed by atoms with Gasteiger partial charge in [-0.05, 0) is 47.7 Å².